The molecule has 6 atom stereocenters. The zero-order valence-corrected chi connectivity index (χ0v) is 30.5. The fourth-order valence-corrected chi connectivity index (χ4v) is 5.51. The average molecular weight is 774 g/mol. The first kappa shape index (κ1) is 46.1. The van der Waals surface area contributed by atoms with Crippen LogP contribution in [-0.4, -0.2) is 137 Å². The molecule has 0 aromatic heterocycles. The highest BCUT2D eigenvalue weighted by Crippen LogP contribution is 2.21. The van der Waals surface area contributed by atoms with Crippen molar-refractivity contribution in [2.75, 3.05) is 31.9 Å². The molecule has 1 fully saturated rings. The number of aliphatic imine (C=N–C) groups is 2. The lowest BCUT2D eigenvalue weighted by molar-refractivity contribution is -0.144. The summed E-state index contributed by atoms with van der Waals surface area (Å²) in [5.74, 6) is -7.09. The molecule has 1 saturated heterocycles. The number of hydrogen-bond donors (Lipinski definition) is 13. The van der Waals surface area contributed by atoms with Gasteiger partial charge < -0.3 is 70.8 Å². The number of carbonyl (C=O) groups is 7. The Morgan fingerprint density at radius 2 is 1.26 bits per heavy atom. The summed E-state index contributed by atoms with van der Waals surface area (Å²) in [4.78, 5) is 99.1. The van der Waals surface area contributed by atoms with E-state index in [0.29, 0.717) is 19.3 Å². The minimum Gasteiger partial charge on any atom is -0.481 e. The topological polar surface area (TPSA) is 392 Å². The molecule has 0 aliphatic carbocycles. The predicted molar refractivity (Wildman–Crippen MR) is 197 cm³/mol. The van der Waals surface area contributed by atoms with Crippen LogP contribution in [0.1, 0.15) is 64.2 Å². The molecule has 23 heteroatoms. The van der Waals surface area contributed by atoms with Crippen molar-refractivity contribution in [2.24, 2.45) is 44.4 Å². The van der Waals surface area contributed by atoms with E-state index in [0.717, 1.165) is 0 Å². The van der Waals surface area contributed by atoms with Crippen molar-refractivity contribution in [3.05, 3.63) is 0 Å². The van der Waals surface area contributed by atoms with Crippen LogP contribution in [0.4, 0.5) is 0 Å². The van der Waals surface area contributed by atoms with E-state index < -0.39 is 84.1 Å². The number of carbonyl (C=O) groups excluding carboxylic acids is 5. The molecule has 0 saturated carbocycles. The molecule has 5 amide bonds. The Balaban J connectivity index is 3.25. The van der Waals surface area contributed by atoms with Gasteiger partial charge in [-0.05, 0) is 64.3 Å². The third kappa shape index (κ3) is 17.4. The lowest BCUT2D eigenvalue weighted by Crippen LogP contribution is -2.59. The van der Waals surface area contributed by atoms with E-state index in [-0.39, 0.29) is 82.4 Å². The number of carboxylic acid groups (broad SMARTS) is 2. The number of amides is 5. The fourth-order valence-electron chi connectivity index (χ4n) is 5.34. The number of aliphatic carboxylic acids is 2. The van der Waals surface area contributed by atoms with E-state index in [1.165, 1.54) is 4.90 Å². The van der Waals surface area contributed by atoms with Crippen LogP contribution in [0, 0.1) is 0 Å². The van der Waals surface area contributed by atoms with E-state index in [1.54, 1.807) is 0 Å². The van der Waals surface area contributed by atoms with Crippen molar-refractivity contribution in [1.82, 2.24) is 26.2 Å². The van der Waals surface area contributed by atoms with Crippen LogP contribution in [0.15, 0.2) is 9.98 Å². The summed E-state index contributed by atoms with van der Waals surface area (Å²) in [5.41, 5.74) is 32.7. The highest BCUT2D eigenvalue weighted by atomic mass is 32.1. The van der Waals surface area contributed by atoms with Crippen molar-refractivity contribution in [1.29, 1.82) is 0 Å². The van der Waals surface area contributed by atoms with E-state index in [4.69, 9.17) is 34.4 Å². The van der Waals surface area contributed by atoms with E-state index in [2.05, 4.69) is 43.9 Å². The van der Waals surface area contributed by atoms with Gasteiger partial charge in [0, 0.05) is 25.4 Å². The van der Waals surface area contributed by atoms with E-state index in [1.807, 2.05) is 0 Å². The quantitative estimate of drug-likeness (QED) is 0.0179. The van der Waals surface area contributed by atoms with Crippen molar-refractivity contribution in [3.8, 4) is 0 Å². The van der Waals surface area contributed by atoms with Crippen LogP contribution in [0.3, 0.4) is 0 Å². The number of guanidine groups is 2. The average Bonchev–Trinajstić information content (AvgIpc) is 3.59. The van der Waals surface area contributed by atoms with Gasteiger partial charge in [0.1, 0.15) is 30.2 Å². The van der Waals surface area contributed by atoms with Gasteiger partial charge in [-0.15, -0.1) is 0 Å². The van der Waals surface area contributed by atoms with Crippen molar-refractivity contribution < 1.29 is 43.8 Å². The van der Waals surface area contributed by atoms with Crippen LogP contribution >= 0.6 is 12.6 Å². The van der Waals surface area contributed by atoms with Crippen LogP contribution in [0.25, 0.3) is 0 Å². The zero-order chi connectivity index (χ0) is 40.1. The van der Waals surface area contributed by atoms with Gasteiger partial charge >= 0.3 is 11.9 Å². The SMILES string of the molecule is NCCCC[C@H](NC(=O)[C@H](CC(=O)O)NC(=O)[C@@H](N)CS)C(=O)N1CCC[C@H]1C(=O)N[C@@H](CCCN=C(N)N)C(=O)N[C@@H](CCCN=C(N)N)C(=O)O. The molecule has 0 aromatic carbocycles. The van der Waals surface area contributed by atoms with Crippen LogP contribution in [0.5, 0.6) is 0 Å². The summed E-state index contributed by atoms with van der Waals surface area (Å²) in [7, 11) is 0. The maximum absolute atomic E-state index is 14.0. The molecular formula is C30H55N13O9S. The molecule has 1 aliphatic rings. The largest absolute Gasteiger partial charge is 0.481 e. The second kappa shape index (κ2) is 24.4. The van der Waals surface area contributed by atoms with Crippen molar-refractivity contribution in [3.63, 3.8) is 0 Å². The summed E-state index contributed by atoms with van der Waals surface area (Å²) in [6.07, 6.45) is 1.15. The number of nitrogens with zero attached hydrogens (tertiary/aromatic N) is 3. The summed E-state index contributed by atoms with van der Waals surface area (Å²) in [6.45, 7) is 0.628. The standard InChI is InChI=1S/C30H55N13O9S/c31-10-2-1-6-18(40-25(48)20(14-22(44)45)42-23(46)16(32)15-53)27(50)43-13-5-9-21(43)26(49)39-17(7-3-11-37-29(33)34)24(47)41-19(28(51)52)8-4-12-38-30(35)36/h16-21,53H,1-15,31-32H2,(H,39,49)(H,40,48)(H,41,47)(H,42,46)(H,44,45)(H,51,52)(H4,33,34,37)(H4,35,36,38)/t16-,17-,18-,19-,20-,21-/m0/s1. The van der Waals surface area contributed by atoms with Gasteiger partial charge in [-0.1, -0.05) is 0 Å². The number of unbranched alkanes of at least 4 members (excludes halogenated alkanes) is 1. The second-order valence-electron chi connectivity index (χ2n) is 12.3. The molecule has 0 radical (unpaired) electrons. The first-order chi connectivity index (χ1) is 25.0. The summed E-state index contributed by atoms with van der Waals surface area (Å²) < 4.78 is 0. The Hall–Kier alpha value is -4.90. The van der Waals surface area contributed by atoms with Gasteiger partial charge in [0.2, 0.25) is 29.5 Å². The van der Waals surface area contributed by atoms with Crippen molar-refractivity contribution >= 4 is 66.0 Å². The van der Waals surface area contributed by atoms with Crippen LogP contribution in [0.2, 0.25) is 0 Å². The third-order valence-electron chi connectivity index (χ3n) is 8.08. The third-order valence-corrected chi connectivity index (χ3v) is 8.48. The lowest BCUT2D eigenvalue weighted by Gasteiger charge is -2.31. The predicted octanol–water partition coefficient (Wildman–Crippen LogP) is -5.03. The van der Waals surface area contributed by atoms with E-state index in [9.17, 15) is 43.8 Å². The number of carboxylic acids is 2. The van der Waals surface area contributed by atoms with Gasteiger partial charge in [0.15, 0.2) is 11.9 Å². The molecule has 0 bridgehead atoms. The van der Waals surface area contributed by atoms with E-state index >= 15 is 0 Å². The Bertz CT molecular complexity index is 1330. The summed E-state index contributed by atoms with van der Waals surface area (Å²) in [5, 5.41) is 28.9. The molecule has 1 rings (SSSR count). The Kier molecular flexibility index (Phi) is 21.2. The molecule has 0 spiro atoms. The number of hydrogen-bond acceptors (Lipinski definition) is 12. The zero-order valence-electron chi connectivity index (χ0n) is 29.6. The Labute approximate surface area is 312 Å². The summed E-state index contributed by atoms with van der Waals surface area (Å²) >= 11 is 3.94. The first-order valence-corrected chi connectivity index (χ1v) is 17.8. The highest BCUT2D eigenvalue weighted by molar-refractivity contribution is 7.80. The maximum Gasteiger partial charge on any atom is 0.326 e. The molecule has 1 aliphatic heterocycles. The minimum absolute atomic E-state index is 0.000687. The second-order valence-corrected chi connectivity index (χ2v) is 12.7. The first-order valence-electron chi connectivity index (χ1n) is 17.2. The summed E-state index contributed by atoms with van der Waals surface area (Å²) in [6, 6.07) is -7.60. The monoisotopic (exact) mass is 773 g/mol. The van der Waals surface area contributed by atoms with Gasteiger partial charge in [-0.25, -0.2) is 4.79 Å². The van der Waals surface area contributed by atoms with Gasteiger partial charge in [-0.2, -0.15) is 12.6 Å². The molecule has 18 N–H and O–H groups in total. The molecule has 0 aromatic rings. The fraction of sp³-hybridized carbons (Fsp3) is 0.700. The van der Waals surface area contributed by atoms with Crippen molar-refractivity contribution in [2.45, 2.75) is 100 Å². The Morgan fingerprint density at radius 3 is 1.79 bits per heavy atom. The smallest absolute Gasteiger partial charge is 0.326 e. The number of thiol groups is 1. The Morgan fingerprint density at radius 1 is 0.736 bits per heavy atom. The van der Waals surface area contributed by atoms with Crippen LogP contribution < -0.4 is 55.7 Å². The van der Waals surface area contributed by atoms with Gasteiger partial charge in [-0.3, -0.25) is 38.8 Å². The highest BCUT2D eigenvalue weighted by Gasteiger charge is 2.40. The number of likely N-dealkylation sites (tertiary alicyclic amines) is 1. The molecule has 22 nitrogen and oxygen atoms in total. The molecule has 53 heavy (non-hydrogen) atoms. The van der Waals surface area contributed by atoms with Gasteiger partial charge in [0.05, 0.1) is 12.5 Å². The molecule has 300 valence electrons. The minimum atomic E-state index is -1.58. The normalized spacial score (nSPS) is 16.5. The lowest BCUT2D eigenvalue weighted by atomic mass is 10.0. The maximum atomic E-state index is 14.0. The molecule has 0 unspecified atom stereocenters. The number of rotatable bonds is 25. The molecular weight excluding hydrogens is 718 g/mol. The van der Waals surface area contributed by atoms with Gasteiger partial charge in [0.25, 0.3) is 0 Å². The van der Waals surface area contributed by atoms with Crippen LogP contribution in [-0.2, 0) is 33.6 Å². The number of nitrogens with two attached hydrogens (primary N) is 6. The number of nitrogens with one attached hydrogen (secondary N) is 4. The molecule has 1 heterocycles.